The Kier molecular flexibility index (Phi) is 10.4. The Bertz CT molecular complexity index is 2200. The van der Waals surface area contributed by atoms with E-state index >= 15 is 0 Å². The standard InChI is InChI=1S/C43H53N11O6/c1-43(25-8-10-26(11-9-25)47-38-36(37(44)56)45-23-33(48-38)52-16-4-5-28(24-52)53-20-19-50(2)42(53)60)14-17-51(18-15-43)29-21-27(22-29)46-31-7-3-6-30-35(31)41(59)54(40(30)58)32-12-13-34(55)49-39(32)57/h3,6-11,23,27-29,32,37,46,56H,4-5,12-22,24,44H2,1-2H3,(H,47,48)(H,49,55,57)/t27-,28-,29-,32?,37?/m0/s1. The summed E-state index contributed by atoms with van der Waals surface area (Å²) < 4.78 is 0. The smallest absolute Gasteiger partial charge is 0.320 e. The fourth-order valence-electron chi connectivity index (χ4n) is 9.90. The van der Waals surface area contributed by atoms with Gasteiger partial charge in [-0.1, -0.05) is 25.1 Å². The molecule has 6 amide bonds. The van der Waals surface area contributed by atoms with Gasteiger partial charge in [0.05, 0.1) is 23.4 Å². The lowest BCUT2D eigenvalue weighted by Gasteiger charge is -2.48. The van der Waals surface area contributed by atoms with Crippen molar-refractivity contribution in [3.05, 3.63) is 71.0 Å². The first-order chi connectivity index (χ1) is 28.9. The summed E-state index contributed by atoms with van der Waals surface area (Å²) in [6.07, 6.45) is 6.24. The quantitative estimate of drug-likeness (QED) is 0.148. The number of nitrogens with zero attached hydrogens (tertiary/aromatic N) is 7. The van der Waals surface area contributed by atoms with Crippen molar-refractivity contribution in [1.29, 1.82) is 0 Å². The SMILES string of the molecule is CN1CCN([C@H]2CCCN(c3cnc(C(N)O)c(Nc4ccc(C5(C)CCN([C@H]6C[C@H](Nc7cccc8c7C(=O)N(C7CCC(=O)NC7=O)C8=O)C6)CC5)cc4)n3)C2)C1=O. The van der Waals surface area contributed by atoms with Crippen LogP contribution in [0, 0.1) is 0 Å². The number of likely N-dealkylation sites (tertiary alicyclic amines) is 1. The van der Waals surface area contributed by atoms with Crippen LogP contribution in [0.4, 0.5) is 27.8 Å². The Hall–Kier alpha value is -5.65. The molecule has 17 heteroatoms. The highest BCUT2D eigenvalue weighted by molar-refractivity contribution is 6.25. The van der Waals surface area contributed by atoms with Gasteiger partial charge in [-0.05, 0) is 93.3 Å². The van der Waals surface area contributed by atoms with Crippen LogP contribution >= 0.6 is 0 Å². The summed E-state index contributed by atoms with van der Waals surface area (Å²) in [5.41, 5.74) is 9.41. The topological polar surface area (TPSA) is 210 Å². The van der Waals surface area contributed by atoms with Gasteiger partial charge in [-0.15, -0.1) is 0 Å². The van der Waals surface area contributed by atoms with Crippen molar-refractivity contribution in [1.82, 2.24) is 34.9 Å². The summed E-state index contributed by atoms with van der Waals surface area (Å²) in [6.45, 7) is 7.16. The zero-order chi connectivity index (χ0) is 41.9. The molecule has 0 radical (unpaired) electrons. The number of anilines is 4. The molecule has 9 rings (SSSR count). The number of nitrogens with one attached hydrogen (secondary N) is 3. The third kappa shape index (κ3) is 7.32. The molecule has 2 unspecified atom stereocenters. The van der Waals surface area contributed by atoms with E-state index in [0.717, 1.165) is 81.8 Å². The van der Waals surface area contributed by atoms with Gasteiger partial charge in [-0.2, -0.15) is 0 Å². The van der Waals surface area contributed by atoms with Gasteiger partial charge in [0.15, 0.2) is 5.82 Å². The maximum absolute atomic E-state index is 13.6. The average Bonchev–Trinajstić information content (AvgIpc) is 3.70. The van der Waals surface area contributed by atoms with Crippen LogP contribution in [0.1, 0.15) is 96.5 Å². The van der Waals surface area contributed by atoms with E-state index in [0.29, 0.717) is 35.5 Å². The molecule has 5 aliphatic heterocycles. The first-order valence-electron chi connectivity index (χ1n) is 21.2. The van der Waals surface area contributed by atoms with Gasteiger partial charge in [0.1, 0.15) is 23.8 Å². The predicted octanol–water partition coefficient (Wildman–Crippen LogP) is 2.90. The molecule has 6 aliphatic rings. The molecule has 316 valence electrons. The number of aliphatic hydroxyl groups excluding tert-OH is 1. The number of benzene rings is 2. The number of carbonyl (C=O) groups excluding carboxylic acids is 5. The van der Waals surface area contributed by atoms with Gasteiger partial charge in [0, 0.05) is 63.1 Å². The minimum absolute atomic E-state index is 0.00299. The van der Waals surface area contributed by atoms with Crippen molar-refractivity contribution in [3.8, 4) is 0 Å². The third-order valence-corrected chi connectivity index (χ3v) is 13.7. The first-order valence-corrected chi connectivity index (χ1v) is 21.2. The van der Waals surface area contributed by atoms with Crippen molar-refractivity contribution in [2.75, 3.05) is 61.8 Å². The number of hydrogen-bond acceptors (Lipinski definition) is 13. The van der Waals surface area contributed by atoms with Crippen molar-refractivity contribution in [2.24, 2.45) is 5.73 Å². The second-order valence-corrected chi connectivity index (χ2v) is 17.5. The summed E-state index contributed by atoms with van der Waals surface area (Å²) >= 11 is 0. The maximum Gasteiger partial charge on any atom is 0.320 e. The Morgan fingerprint density at radius 1 is 0.933 bits per heavy atom. The number of piperidine rings is 3. The number of amides is 6. The Morgan fingerprint density at radius 2 is 1.70 bits per heavy atom. The predicted molar refractivity (Wildman–Crippen MR) is 223 cm³/mol. The summed E-state index contributed by atoms with van der Waals surface area (Å²) in [4.78, 5) is 82.6. The van der Waals surface area contributed by atoms with Crippen LogP contribution in [0.3, 0.4) is 0 Å². The number of rotatable bonds is 10. The molecule has 4 saturated heterocycles. The van der Waals surface area contributed by atoms with E-state index in [1.807, 2.05) is 30.1 Å². The first kappa shape index (κ1) is 39.8. The molecule has 0 bridgehead atoms. The van der Waals surface area contributed by atoms with Crippen LogP contribution in [0.15, 0.2) is 48.7 Å². The largest absolute Gasteiger partial charge is 0.382 e. The summed E-state index contributed by atoms with van der Waals surface area (Å²) in [7, 11) is 1.84. The number of nitrogens with two attached hydrogens (primary N) is 1. The van der Waals surface area contributed by atoms with E-state index in [2.05, 4.69) is 49.8 Å². The highest BCUT2D eigenvalue weighted by atomic mass is 16.3. The summed E-state index contributed by atoms with van der Waals surface area (Å²) in [5.74, 6) is -0.955. The number of imide groups is 2. The van der Waals surface area contributed by atoms with E-state index in [1.54, 1.807) is 23.2 Å². The highest BCUT2D eigenvalue weighted by Crippen LogP contribution is 2.40. The Balaban J connectivity index is 0.791. The fourth-order valence-corrected chi connectivity index (χ4v) is 9.90. The lowest BCUT2D eigenvalue weighted by atomic mass is 9.73. The lowest BCUT2D eigenvalue weighted by molar-refractivity contribution is -0.136. The summed E-state index contributed by atoms with van der Waals surface area (Å²) in [5, 5.41) is 19.5. The van der Waals surface area contributed by atoms with E-state index < -0.39 is 35.9 Å². The molecular weight excluding hydrogens is 767 g/mol. The van der Waals surface area contributed by atoms with Crippen LogP contribution in [0.2, 0.25) is 0 Å². The fraction of sp³-hybridized carbons (Fsp3) is 0.512. The molecule has 5 fully saturated rings. The lowest BCUT2D eigenvalue weighted by Crippen LogP contribution is -2.54. The minimum Gasteiger partial charge on any atom is -0.382 e. The molecular formula is C43H53N11O6. The van der Waals surface area contributed by atoms with Gasteiger partial charge in [-0.25, -0.2) is 14.8 Å². The molecule has 6 N–H and O–H groups in total. The van der Waals surface area contributed by atoms with Crippen LogP contribution in [-0.4, -0.2) is 135 Å². The van der Waals surface area contributed by atoms with Crippen LogP contribution in [0.25, 0.3) is 0 Å². The monoisotopic (exact) mass is 819 g/mol. The maximum atomic E-state index is 13.6. The minimum atomic E-state index is -1.31. The highest BCUT2D eigenvalue weighted by Gasteiger charge is 2.46. The molecule has 60 heavy (non-hydrogen) atoms. The molecule has 3 atom stereocenters. The van der Waals surface area contributed by atoms with Gasteiger partial charge in [0.25, 0.3) is 11.8 Å². The van der Waals surface area contributed by atoms with E-state index in [-0.39, 0.29) is 47.6 Å². The van der Waals surface area contributed by atoms with E-state index in [1.165, 1.54) is 5.56 Å². The molecule has 2 aromatic carbocycles. The molecule has 1 aromatic heterocycles. The van der Waals surface area contributed by atoms with Crippen molar-refractivity contribution < 1.29 is 29.1 Å². The normalized spacial score (nSPS) is 26.2. The number of likely N-dealkylation sites (N-methyl/N-ethyl adjacent to an activating group) is 1. The van der Waals surface area contributed by atoms with Crippen molar-refractivity contribution >= 4 is 52.7 Å². The van der Waals surface area contributed by atoms with Gasteiger partial charge in [-0.3, -0.25) is 29.4 Å². The summed E-state index contributed by atoms with van der Waals surface area (Å²) in [6, 6.07) is 13.3. The van der Waals surface area contributed by atoms with Crippen LogP contribution in [0.5, 0.6) is 0 Å². The van der Waals surface area contributed by atoms with E-state index in [4.69, 9.17) is 10.7 Å². The zero-order valence-electron chi connectivity index (χ0n) is 34.1. The molecule has 0 spiro atoms. The third-order valence-electron chi connectivity index (χ3n) is 13.7. The number of aliphatic hydroxyl groups is 1. The van der Waals surface area contributed by atoms with Gasteiger partial charge < -0.3 is 41.1 Å². The Morgan fingerprint density at radius 3 is 2.40 bits per heavy atom. The Labute approximate surface area is 348 Å². The van der Waals surface area contributed by atoms with Crippen molar-refractivity contribution in [3.63, 3.8) is 0 Å². The van der Waals surface area contributed by atoms with E-state index in [9.17, 15) is 29.1 Å². The number of carbonyl (C=O) groups is 5. The average molecular weight is 820 g/mol. The molecule has 6 heterocycles. The van der Waals surface area contributed by atoms with Crippen LogP contribution < -0.4 is 26.6 Å². The zero-order valence-corrected chi connectivity index (χ0v) is 34.1. The molecule has 1 aliphatic carbocycles. The van der Waals surface area contributed by atoms with Gasteiger partial charge >= 0.3 is 6.03 Å². The van der Waals surface area contributed by atoms with Crippen molar-refractivity contribution in [2.45, 2.75) is 94.1 Å². The number of urea groups is 1. The second kappa shape index (κ2) is 15.7. The molecule has 17 nitrogen and oxygen atoms in total. The number of fused-ring (bicyclic) bond motifs is 1. The second-order valence-electron chi connectivity index (χ2n) is 17.5. The number of hydrogen-bond donors (Lipinski definition) is 5. The number of aromatic nitrogens is 2. The molecule has 1 saturated carbocycles. The molecule has 3 aromatic rings. The van der Waals surface area contributed by atoms with Gasteiger partial charge in [0.2, 0.25) is 11.8 Å². The van der Waals surface area contributed by atoms with Crippen LogP contribution in [-0.2, 0) is 15.0 Å².